The predicted octanol–water partition coefficient (Wildman–Crippen LogP) is 4.35. The molecule has 0 radical (unpaired) electrons. The summed E-state index contributed by atoms with van der Waals surface area (Å²) in [7, 11) is 0. The molecule has 0 spiro atoms. The van der Waals surface area contributed by atoms with Crippen LogP contribution in [0.15, 0.2) is 45.7 Å². The summed E-state index contributed by atoms with van der Waals surface area (Å²) >= 11 is 6.72. The van der Waals surface area contributed by atoms with Crippen LogP contribution >= 0.6 is 38.6 Å². The summed E-state index contributed by atoms with van der Waals surface area (Å²) in [6.07, 6.45) is 4.13. The van der Waals surface area contributed by atoms with Crippen molar-refractivity contribution in [2.45, 2.75) is 31.8 Å². The van der Waals surface area contributed by atoms with Crippen molar-refractivity contribution < 1.29 is 4.79 Å². The van der Waals surface area contributed by atoms with Crippen LogP contribution in [0.3, 0.4) is 0 Å². The van der Waals surface area contributed by atoms with Crippen molar-refractivity contribution in [3.8, 4) is 9.88 Å². The minimum Gasteiger partial charge on any atom is -0.353 e. The van der Waals surface area contributed by atoms with Gasteiger partial charge in [0.2, 0.25) is 5.91 Å². The standard InChI is InChI=1S/C20H21BrN4OS2/c21-14-9-18(27-12-14)20-24-17(13-28-20)10-19(26)23-15-4-7-25(8-5-15)11-16-3-1-2-6-22-16/h1-3,6,9,12-13,15H,4-5,7-8,10-11H2,(H,23,26). The molecule has 8 heteroatoms. The number of carbonyl (C=O) groups is 1. The molecule has 0 aliphatic carbocycles. The number of hydrogen-bond acceptors (Lipinski definition) is 6. The van der Waals surface area contributed by atoms with Crippen molar-refractivity contribution in [3.63, 3.8) is 0 Å². The molecule has 5 nitrogen and oxygen atoms in total. The van der Waals surface area contributed by atoms with E-state index in [4.69, 9.17) is 0 Å². The Morgan fingerprint density at radius 1 is 1.21 bits per heavy atom. The van der Waals surface area contributed by atoms with Crippen molar-refractivity contribution in [3.05, 3.63) is 57.1 Å². The van der Waals surface area contributed by atoms with Gasteiger partial charge in [-0.15, -0.1) is 22.7 Å². The van der Waals surface area contributed by atoms with Crippen LogP contribution in [0.1, 0.15) is 24.2 Å². The molecule has 28 heavy (non-hydrogen) atoms. The van der Waals surface area contributed by atoms with E-state index in [1.165, 1.54) is 0 Å². The molecule has 3 aromatic heterocycles. The maximum atomic E-state index is 12.4. The van der Waals surface area contributed by atoms with E-state index in [1.807, 2.05) is 29.1 Å². The van der Waals surface area contributed by atoms with Gasteiger partial charge in [0, 0.05) is 47.1 Å². The number of carbonyl (C=O) groups excluding carboxylic acids is 1. The van der Waals surface area contributed by atoms with Gasteiger partial charge in [-0.25, -0.2) is 4.98 Å². The highest BCUT2D eigenvalue weighted by atomic mass is 79.9. The van der Waals surface area contributed by atoms with Crippen molar-refractivity contribution >= 4 is 44.5 Å². The first-order valence-electron chi connectivity index (χ1n) is 9.26. The Bertz CT molecular complexity index is 919. The van der Waals surface area contributed by atoms with Gasteiger partial charge in [-0.1, -0.05) is 6.07 Å². The minimum atomic E-state index is 0.0624. The molecular formula is C20H21BrN4OS2. The second-order valence-corrected chi connectivity index (χ2v) is 9.57. The fourth-order valence-electron chi connectivity index (χ4n) is 3.33. The zero-order valence-corrected chi connectivity index (χ0v) is 18.5. The van der Waals surface area contributed by atoms with Crippen molar-refractivity contribution in [1.82, 2.24) is 20.2 Å². The number of nitrogens with one attached hydrogen (secondary N) is 1. The lowest BCUT2D eigenvalue weighted by molar-refractivity contribution is -0.121. The summed E-state index contributed by atoms with van der Waals surface area (Å²) in [6, 6.07) is 8.34. The van der Waals surface area contributed by atoms with Gasteiger partial charge >= 0.3 is 0 Å². The van der Waals surface area contributed by atoms with E-state index in [-0.39, 0.29) is 11.9 Å². The molecule has 1 N–H and O–H groups in total. The van der Waals surface area contributed by atoms with Crippen LogP contribution in [-0.4, -0.2) is 39.9 Å². The Morgan fingerprint density at radius 3 is 2.79 bits per heavy atom. The summed E-state index contributed by atoms with van der Waals surface area (Å²) in [6.45, 7) is 2.84. The van der Waals surface area contributed by atoms with E-state index in [0.717, 1.165) is 58.2 Å². The van der Waals surface area contributed by atoms with Gasteiger partial charge in [-0.3, -0.25) is 14.7 Å². The van der Waals surface area contributed by atoms with Crippen molar-refractivity contribution in [2.75, 3.05) is 13.1 Å². The molecule has 1 aliphatic rings. The Labute approximate surface area is 181 Å². The molecule has 0 atom stereocenters. The monoisotopic (exact) mass is 476 g/mol. The lowest BCUT2D eigenvalue weighted by Crippen LogP contribution is -2.44. The fourth-order valence-corrected chi connectivity index (χ4v) is 5.65. The topological polar surface area (TPSA) is 58.1 Å². The van der Waals surface area contributed by atoms with Gasteiger partial charge in [-0.05, 0) is 47.0 Å². The van der Waals surface area contributed by atoms with Crippen LogP contribution in [0, 0.1) is 0 Å². The number of thiazole rings is 1. The third kappa shape index (κ3) is 5.26. The first kappa shape index (κ1) is 19.7. The molecule has 0 aromatic carbocycles. The Morgan fingerprint density at radius 2 is 2.07 bits per heavy atom. The van der Waals surface area contributed by atoms with Crippen LogP contribution in [0.2, 0.25) is 0 Å². The van der Waals surface area contributed by atoms with E-state index in [9.17, 15) is 4.79 Å². The zero-order valence-electron chi connectivity index (χ0n) is 15.3. The lowest BCUT2D eigenvalue weighted by atomic mass is 10.0. The predicted molar refractivity (Wildman–Crippen MR) is 118 cm³/mol. The number of aromatic nitrogens is 2. The highest BCUT2D eigenvalue weighted by Gasteiger charge is 2.21. The third-order valence-corrected chi connectivity index (χ3v) is 7.49. The molecule has 4 rings (SSSR count). The van der Waals surface area contributed by atoms with Crippen LogP contribution in [-0.2, 0) is 17.8 Å². The maximum Gasteiger partial charge on any atom is 0.226 e. The first-order chi connectivity index (χ1) is 13.7. The quantitative estimate of drug-likeness (QED) is 0.574. The van der Waals surface area contributed by atoms with E-state index in [0.29, 0.717) is 6.42 Å². The molecule has 0 unspecified atom stereocenters. The SMILES string of the molecule is O=C(Cc1csc(-c2cc(Br)cs2)n1)NC1CCN(Cc2ccccn2)CC1. The number of pyridine rings is 1. The first-order valence-corrected chi connectivity index (χ1v) is 11.8. The third-order valence-electron chi connectivity index (χ3n) is 4.74. The van der Waals surface area contributed by atoms with Crippen LogP contribution in [0.25, 0.3) is 9.88 Å². The number of halogens is 1. The number of rotatable bonds is 6. The van der Waals surface area contributed by atoms with Crippen molar-refractivity contribution in [1.29, 1.82) is 0 Å². The summed E-state index contributed by atoms with van der Waals surface area (Å²) < 4.78 is 1.07. The highest BCUT2D eigenvalue weighted by molar-refractivity contribution is 9.10. The molecule has 0 saturated carbocycles. The normalized spacial score (nSPS) is 15.6. The summed E-state index contributed by atoms with van der Waals surface area (Å²) in [5.41, 5.74) is 1.94. The van der Waals surface area contributed by atoms with E-state index < -0.39 is 0 Å². The van der Waals surface area contributed by atoms with E-state index in [1.54, 1.807) is 22.7 Å². The molecule has 1 fully saturated rings. The molecule has 3 aromatic rings. The Hall–Kier alpha value is -1.61. The molecule has 1 saturated heterocycles. The van der Waals surface area contributed by atoms with Crippen LogP contribution < -0.4 is 5.32 Å². The second-order valence-electron chi connectivity index (χ2n) is 6.89. The van der Waals surface area contributed by atoms with Crippen molar-refractivity contribution in [2.24, 2.45) is 0 Å². The summed E-state index contributed by atoms with van der Waals surface area (Å²) in [4.78, 5) is 25.0. The summed E-state index contributed by atoms with van der Waals surface area (Å²) in [5.74, 6) is 0.0624. The van der Waals surface area contributed by atoms with E-state index in [2.05, 4.69) is 48.2 Å². The van der Waals surface area contributed by atoms with Crippen LogP contribution in [0.5, 0.6) is 0 Å². The molecule has 0 bridgehead atoms. The number of nitrogens with zero attached hydrogens (tertiary/aromatic N) is 3. The van der Waals surface area contributed by atoms with E-state index >= 15 is 0 Å². The lowest BCUT2D eigenvalue weighted by Gasteiger charge is -2.32. The average Bonchev–Trinajstić information content (AvgIpc) is 3.33. The molecule has 1 aliphatic heterocycles. The number of thiophene rings is 1. The smallest absolute Gasteiger partial charge is 0.226 e. The summed E-state index contributed by atoms with van der Waals surface area (Å²) in [5, 5.41) is 8.19. The number of likely N-dealkylation sites (tertiary alicyclic amines) is 1. The van der Waals surface area contributed by atoms with Gasteiger partial charge in [-0.2, -0.15) is 0 Å². The van der Waals surface area contributed by atoms with Gasteiger partial charge < -0.3 is 5.32 Å². The highest BCUT2D eigenvalue weighted by Crippen LogP contribution is 2.32. The number of piperidine rings is 1. The second kappa shape index (κ2) is 9.26. The van der Waals surface area contributed by atoms with Gasteiger partial charge in [0.15, 0.2) is 0 Å². The molecule has 1 amide bonds. The fraction of sp³-hybridized carbons (Fsp3) is 0.350. The Kier molecular flexibility index (Phi) is 6.51. The molecular weight excluding hydrogens is 456 g/mol. The van der Waals surface area contributed by atoms with Gasteiger partial charge in [0.05, 0.1) is 22.7 Å². The number of hydrogen-bond donors (Lipinski definition) is 1. The largest absolute Gasteiger partial charge is 0.353 e. The van der Waals surface area contributed by atoms with Gasteiger partial charge in [0.1, 0.15) is 5.01 Å². The minimum absolute atomic E-state index is 0.0624. The number of amides is 1. The Balaban J connectivity index is 1.23. The maximum absolute atomic E-state index is 12.4. The van der Waals surface area contributed by atoms with Crippen LogP contribution in [0.4, 0.5) is 0 Å². The zero-order chi connectivity index (χ0) is 19.3. The van der Waals surface area contributed by atoms with Gasteiger partial charge in [0.25, 0.3) is 0 Å². The molecule has 4 heterocycles. The molecule has 146 valence electrons. The average molecular weight is 477 g/mol.